The van der Waals surface area contributed by atoms with Crippen LogP contribution in [0.25, 0.3) is 0 Å². The van der Waals surface area contributed by atoms with Crippen molar-refractivity contribution in [2.75, 3.05) is 0 Å². The molecule has 1 fully saturated rings. The number of nitrogens with one attached hydrogen (secondary N) is 1. The first-order valence-corrected chi connectivity index (χ1v) is 9.03. The number of amides is 1. The minimum atomic E-state index is -0.948. The van der Waals surface area contributed by atoms with E-state index in [1.54, 1.807) is 35.6 Å². The van der Waals surface area contributed by atoms with Gasteiger partial charge in [0.15, 0.2) is 0 Å². The van der Waals surface area contributed by atoms with Crippen LogP contribution in [-0.4, -0.2) is 17.0 Å². The van der Waals surface area contributed by atoms with E-state index in [1.165, 1.54) is 10.4 Å². The van der Waals surface area contributed by atoms with Gasteiger partial charge in [0, 0.05) is 21.7 Å². The van der Waals surface area contributed by atoms with Crippen molar-refractivity contribution in [1.29, 1.82) is 0 Å². The fraction of sp³-hybridized carbons (Fsp3) is 0.333. The normalized spacial score (nSPS) is 20.4. The number of carbonyl (C=O) groups is 2. The number of hydrogen-bond acceptors (Lipinski definition) is 3. The molecule has 1 heterocycles. The topological polar surface area (TPSA) is 66.4 Å². The summed E-state index contributed by atoms with van der Waals surface area (Å²) in [6, 6.07) is 8.43. The molecular formula is C18H18ClNO3S. The van der Waals surface area contributed by atoms with Crippen LogP contribution in [0.1, 0.15) is 40.8 Å². The van der Waals surface area contributed by atoms with Crippen molar-refractivity contribution in [2.45, 2.75) is 31.7 Å². The summed E-state index contributed by atoms with van der Waals surface area (Å²) in [5.74, 6) is -0.822. The van der Waals surface area contributed by atoms with E-state index in [0.717, 1.165) is 12.0 Å². The SMILES string of the molecule is Cc1ccsc1C1CC1C(=O)N[C@@H](CC(=O)O)c1ccc(Cl)cc1. The molecule has 24 heavy (non-hydrogen) atoms. The number of hydrogen-bond donors (Lipinski definition) is 2. The molecule has 1 saturated carbocycles. The van der Waals surface area contributed by atoms with Crippen LogP contribution in [0.4, 0.5) is 0 Å². The van der Waals surface area contributed by atoms with Gasteiger partial charge in [-0.15, -0.1) is 11.3 Å². The lowest BCUT2D eigenvalue weighted by Crippen LogP contribution is -2.31. The maximum Gasteiger partial charge on any atom is 0.305 e. The minimum Gasteiger partial charge on any atom is -0.481 e. The monoisotopic (exact) mass is 363 g/mol. The van der Waals surface area contributed by atoms with Gasteiger partial charge < -0.3 is 10.4 Å². The smallest absolute Gasteiger partial charge is 0.305 e. The van der Waals surface area contributed by atoms with E-state index in [9.17, 15) is 9.59 Å². The number of halogens is 1. The first kappa shape index (κ1) is 17.0. The number of aliphatic carboxylic acids is 1. The van der Waals surface area contributed by atoms with Crippen molar-refractivity contribution in [1.82, 2.24) is 5.32 Å². The lowest BCUT2D eigenvalue weighted by molar-refractivity contribution is -0.137. The fourth-order valence-electron chi connectivity index (χ4n) is 2.94. The van der Waals surface area contributed by atoms with Crippen molar-refractivity contribution >= 4 is 34.8 Å². The van der Waals surface area contributed by atoms with Gasteiger partial charge in [0.05, 0.1) is 12.5 Å². The summed E-state index contributed by atoms with van der Waals surface area (Å²) in [7, 11) is 0. The lowest BCUT2D eigenvalue weighted by atomic mass is 10.0. The molecule has 3 atom stereocenters. The summed E-state index contributed by atoms with van der Waals surface area (Å²) in [5, 5.41) is 14.6. The molecule has 2 unspecified atom stereocenters. The van der Waals surface area contributed by atoms with Gasteiger partial charge in [0.1, 0.15) is 0 Å². The number of carbonyl (C=O) groups excluding carboxylic acids is 1. The Morgan fingerprint density at radius 2 is 2.04 bits per heavy atom. The van der Waals surface area contributed by atoms with Crippen molar-refractivity contribution in [2.24, 2.45) is 5.92 Å². The van der Waals surface area contributed by atoms with Gasteiger partial charge in [-0.2, -0.15) is 0 Å². The van der Waals surface area contributed by atoms with Crippen LogP contribution in [0, 0.1) is 12.8 Å². The van der Waals surface area contributed by atoms with Gasteiger partial charge in [-0.25, -0.2) is 0 Å². The Hall–Kier alpha value is -1.85. The molecule has 0 spiro atoms. The van der Waals surface area contributed by atoms with Gasteiger partial charge in [0.25, 0.3) is 0 Å². The first-order chi connectivity index (χ1) is 11.5. The molecule has 1 aromatic heterocycles. The molecule has 0 saturated heterocycles. The van der Waals surface area contributed by atoms with Crippen molar-refractivity contribution in [3.8, 4) is 0 Å². The molecule has 4 nitrogen and oxygen atoms in total. The summed E-state index contributed by atoms with van der Waals surface area (Å²) in [5.41, 5.74) is 1.97. The zero-order valence-corrected chi connectivity index (χ0v) is 14.7. The Bertz CT molecular complexity index is 756. The maximum atomic E-state index is 12.5. The Morgan fingerprint density at radius 3 is 2.62 bits per heavy atom. The van der Waals surface area contributed by atoms with Crippen LogP contribution in [0.2, 0.25) is 5.02 Å². The van der Waals surface area contributed by atoms with Gasteiger partial charge >= 0.3 is 5.97 Å². The Balaban J connectivity index is 1.69. The third kappa shape index (κ3) is 3.79. The van der Waals surface area contributed by atoms with E-state index in [4.69, 9.17) is 16.7 Å². The average Bonchev–Trinajstić information content (AvgIpc) is 3.21. The molecule has 1 amide bonds. The number of benzene rings is 1. The average molecular weight is 364 g/mol. The van der Waals surface area contributed by atoms with E-state index < -0.39 is 12.0 Å². The third-order valence-corrected chi connectivity index (χ3v) is 5.74. The highest BCUT2D eigenvalue weighted by Gasteiger charge is 2.45. The quantitative estimate of drug-likeness (QED) is 0.810. The number of rotatable bonds is 6. The molecule has 0 radical (unpaired) electrons. The van der Waals surface area contributed by atoms with E-state index in [1.807, 2.05) is 5.38 Å². The zero-order chi connectivity index (χ0) is 17.3. The van der Waals surface area contributed by atoms with Gasteiger partial charge in [-0.1, -0.05) is 23.7 Å². The van der Waals surface area contributed by atoms with Gasteiger partial charge in [-0.05, 0) is 48.1 Å². The molecule has 2 N–H and O–H groups in total. The molecule has 2 aromatic rings. The van der Waals surface area contributed by atoms with Crippen LogP contribution in [0.15, 0.2) is 35.7 Å². The van der Waals surface area contributed by atoms with Gasteiger partial charge in [0.2, 0.25) is 5.91 Å². The van der Waals surface area contributed by atoms with Crippen LogP contribution in [0.5, 0.6) is 0 Å². The highest BCUT2D eigenvalue weighted by molar-refractivity contribution is 7.10. The second-order valence-corrected chi connectivity index (χ2v) is 7.51. The number of aryl methyl sites for hydroxylation is 1. The second-order valence-electron chi connectivity index (χ2n) is 6.13. The molecule has 0 aliphatic heterocycles. The van der Waals surface area contributed by atoms with Crippen LogP contribution in [-0.2, 0) is 9.59 Å². The Kier molecular flexibility index (Phi) is 4.92. The van der Waals surface area contributed by atoms with E-state index in [0.29, 0.717) is 5.02 Å². The van der Waals surface area contributed by atoms with E-state index in [2.05, 4.69) is 18.3 Å². The standard InChI is InChI=1S/C18H18ClNO3S/c1-10-6-7-24-17(10)13-8-14(13)18(23)20-15(9-16(21)22)11-2-4-12(19)5-3-11/h2-7,13-15H,8-9H2,1H3,(H,20,23)(H,21,22)/t13?,14?,15-/m0/s1. The predicted molar refractivity (Wildman–Crippen MR) is 94.5 cm³/mol. The molecule has 1 aliphatic rings. The highest BCUT2D eigenvalue weighted by Crippen LogP contribution is 2.50. The summed E-state index contributed by atoms with van der Waals surface area (Å²) in [4.78, 5) is 24.9. The van der Waals surface area contributed by atoms with Crippen molar-refractivity contribution < 1.29 is 14.7 Å². The summed E-state index contributed by atoms with van der Waals surface area (Å²) in [6.07, 6.45) is 0.677. The van der Waals surface area contributed by atoms with Crippen LogP contribution in [0.3, 0.4) is 0 Å². The minimum absolute atomic E-state index is 0.0639. The molecule has 1 aromatic carbocycles. The Morgan fingerprint density at radius 1 is 1.33 bits per heavy atom. The third-order valence-electron chi connectivity index (χ3n) is 4.33. The number of carboxylic acids is 1. The van der Waals surface area contributed by atoms with Crippen molar-refractivity contribution in [3.05, 3.63) is 56.7 Å². The summed E-state index contributed by atoms with van der Waals surface area (Å²) >= 11 is 7.56. The molecule has 126 valence electrons. The van der Waals surface area contributed by atoms with Crippen molar-refractivity contribution in [3.63, 3.8) is 0 Å². The second kappa shape index (κ2) is 6.95. The Labute approximate surface area is 149 Å². The fourth-order valence-corrected chi connectivity index (χ4v) is 4.17. The molecule has 6 heteroatoms. The largest absolute Gasteiger partial charge is 0.481 e. The van der Waals surface area contributed by atoms with Crippen LogP contribution >= 0.6 is 22.9 Å². The first-order valence-electron chi connectivity index (χ1n) is 7.77. The zero-order valence-electron chi connectivity index (χ0n) is 13.2. The lowest BCUT2D eigenvalue weighted by Gasteiger charge is -2.17. The predicted octanol–water partition coefficient (Wildman–Crippen LogP) is 4.15. The van der Waals surface area contributed by atoms with Crippen LogP contribution < -0.4 is 5.32 Å². The summed E-state index contributed by atoms with van der Waals surface area (Å²) in [6.45, 7) is 2.06. The molecular weight excluding hydrogens is 346 g/mol. The highest BCUT2D eigenvalue weighted by atomic mass is 35.5. The molecule has 0 bridgehead atoms. The maximum absolute atomic E-state index is 12.5. The van der Waals surface area contributed by atoms with Gasteiger partial charge in [-0.3, -0.25) is 9.59 Å². The molecule has 3 rings (SSSR count). The number of carboxylic acid groups (broad SMARTS) is 1. The van der Waals surface area contributed by atoms with E-state index in [-0.39, 0.29) is 24.2 Å². The van der Waals surface area contributed by atoms with E-state index >= 15 is 0 Å². The molecule has 1 aliphatic carbocycles. The summed E-state index contributed by atoms with van der Waals surface area (Å²) < 4.78 is 0. The number of thiophene rings is 1.